The number of aromatic nitrogens is 2. The molecule has 0 bridgehead atoms. The number of nitro groups is 1. The van der Waals surface area contributed by atoms with Crippen LogP contribution in [-0.2, 0) is 12.6 Å². The quantitative estimate of drug-likeness (QED) is 0.468. The molecule has 0 aliphatic carbocycles. The van der Waals surface area contributed by atoms with Crippen LogP contribution in [0.2, 0.25) is 0 Å². The van der Waals surface area contributed by atoms with Crippen molar-refractivity contribution in [2.45, 2.75) is 18.2 Å². The van der Waals surface area contributed by atoms with Gasteiger partial charge < -0.3 is 15.0 Å². The van der Waals surface area contributed by atoms with Gasteiger partial charge in [-0.3, -0.25) is 10.1 Å². The molecule has 11 heteroatoms. The smallest absolute Gasteiger partial charge is 0.379 e. The zero-order chi connectivity index (χ0) is 18.8. The van der Waals surface area contributed by atoms with Gasteiger partial charge in [0.25, 0.3) is 5.69 Å². The fraction of sp³-hybridized carbons (Fsp3) is 0.357. The minimum Gasteiger partial charge on any atom is -0.379 e. The summed E-state index contributed by atoms with van der Waals surface area (Å²) >= 11 is 0. The lowest BCUT2D eigenvalue weighted by Gasteiger charge is -2.30. The Bertz CT molecular complexity index is 778. The van der Waals surface area contributed by atoms with Crippen LogP contribution >= 0.6 is 0 Å². The largest absolute Gasteiger partial charge is 0.424 e. The monoisotopic (exact) mass is 362 g/mol. The molecule has 0 saturated carbocycles. The predicted molar refractivity (Wildman–Crippen MR) is 79.3 cm³/mol. The maximum Gasteiger partial charge on any atom is 0.424 e. The first-order valence-electron chi connectivity index (χ1n) is 7.01. The fourth-order valence-electron chi connectivity index (χ4n) is 2.33. The summed E-state index contributed by atoms with van der Waals surface area (Å²) in [5.41, 5.74) is -4.04. The number of nitro benzene ring substituents is 1. The van der Waals surface area contributed by atoms with E-state index in [-0.39, 0.29) is 5.69 Å². The van der Waals surface area contributed by atoms with Crippen LogP contribution in [0.1, 0.15) is 12.2 Å². The number of nitrogens with zero attached hydrogens (tertiary/aromatic N) is 3. The van der Waals surface area contributed by atoms with Crippen LogP contribution in [0.4, 0.5) is 28.9 Å². The number of hydrogen-bond acceptors (Lipinski definition) is 5. The molecule has 2 aromatic rings. The molecule has 7 nitrogen and oxygen atoms in total. The Morgan fingerprint density at radius 3 is 2.60 bits per heavy atom. The molecule has 25 heavy (non-hydrogen) atoms. The molecule has 0 radical (unpaired) electrons. The first-order valence-corrected chi connectivity index (χ1v) is 7.01. The summed E-state index contributed by atoms with van der Waals surface area (Å²) in [6.07, 6.45) is -3.55. The molecule has 1 aromatic carbocycles. The second-order valence-electron chi connectivity index (χ2n) is 5.32. The van der Waals surface area contributed by atoms with Crippen LogP contribution in [0.25, 0.3) is 0 Å². The van der Waals surface area contributed by atoms with Gasteiger partial charge in [-0.2, -0.15) is 13.2 Å². The summed E-state index contributed by atoms with van der Waals surface area (Å²) in [7, 11) is 1.30. The first-order chi connectivity index (χ1) is 11.6. The number of alkyl halides is 3. The molecule has 0 amide bonds. The van der Waals surface area contributed by atoms with E-state index in [1.54, 1.807) is 0 Å². The minimum atomic E-state index is -5.03. The average molecular weight is 362 g/mol. The lowest BCUT2D eigenvalue weighted by Crippen LogP contribution is -2.45. The molecule has 2 rings (SSSR count). The van der Waals surface area contributed by atoms with Crippen LogP contribution in [0.5, 0.6) is 0 Å². The minimum absolute atomic E-state index is 0.283. The van der Waals surface area contributed by atoms with Crippen LogP contribution in [0, 0.1) is 15.9 Å². The van der Waals surface area contributed by atoms with Crippen molar-refractivity contribution >= 4 is 11.4 Å². The number of nitrogens with one attached hydrogen (secondary N) is 1. The summed E-state index contributed by atoms with van der Waals surface area (Å²) in [4.78, 5) is 13.6. The van der Waals surface area contributed by atoms with Crippen molar-refractivity contribution in [1.29, 1.82) is 0 Å². The molecule has 1 aromatic heterocycles. The average Bonchev–Trinajstić information content (AvgIpc) is 2.92. The molecule has 1 atom stereocenters. The Hall–Kier alpha value is -2.69. The number of anilines is 1. The Labute approximate surface area is 139 Å². The van der Waals surface area contributed by atoms with Crippen molar-refractivity contribution in [2.75, 3.05) is 11.9 Å². The molecule has 0 aliphatic rings. The predicted octanol–water partition coefficient (Wildman–Crippen LogP) is 2.72. The number of imidazole rings is 1. The Balaban J connectivity index is 2.23. The van der Waals surface area contributed by atoms with E-state index in [1.807, 2.05) is 0 Å². The molecule has 0 spiro atoms. The molecule has 2 N–H and O–H groups in total. The number of rotatable bonds is 6. The second-order valence-corrected chi connectivity index (χ2v) is 5.32. The topological polar surface area (TPSA) is 93.2 Å². The van der Waals surface area contributed by atoms with Crippen molar-refractivity contribution in [3.63, 3.8) is 0 Å². The Morgan fingerprint density at radius 1 is 1.40 bits per heavy atom. The molecule has 0 fully saturated rings. The van der Waals surface area contributed by atoms with Gasteiger partial charge >= 0.3 is 6.18 Å². The maximum atomic E-state index is 13.3. The van der Waals surface area contributed by atoms with E-state index in [2.05, 4.69) is 10.3 Å². The van der Waals surface area contributed by atoms with E-state index in [9.17, 15) is 32.8 Å². The van der Waals surface area contributed by atoms with Crippen molar-refractivity contribution in [1.82, 2.24) is 9.55 Å². The van der Waals surface area contributed by atoms with Crippen LogP contribution in [-0.4, -0.2) is 32.3 Å². The highest BCUT2D eigenvalue weighted by molar-refractivity contribution is 5.61. The van der Waals surface area contributed by atoms with Gasteiger partial charge in [0.1, 0.15) is 17.3 Å². The van der Waals surface area contributed by atoms with E-state index >= 15 is 0 Å². The fourth-order valence-corrected chi connectivity index (χ4v) is 2.33. The number of aryl methyl sites for hydroxylation is 1. The first kappa shape index (κ1) is 18.6. The Morgan fingerprint density at radius 2 is 2.08 bits per heavy atom. The molecular weight excluding hydrogens is 348 g/mol. The summed E-state index contributed by atoms with van der Waals surface area (Å²) in [6, 6.07) is 2.56. The molecule has 1 unspecified atom stereocenters. The van der Waals surface area contributed by atoms with E-state index in [4.69, 9.17) is 0 Å². The van der Waals surface area contributed by atoms with E-state index in [0.29, 0.717) is 0 Å². The molecule has 0 saturated heterocycles. The van der Waals surface area contributed by atoms with Crippen molar-refractivity contribution in [3.05, 3.63) is 52.3 Å². The van der Waals surface area contributed by atoms with Crippen molar-refractivity contribution in [3.8, 4) is 0 Å². The highest BCUT2D eigenvalue weighted by Crippen LogP contribution is 2.40. The van der Waals surface area contributed by atoms with Gasteiger partial charge in [-0.25, -0.2) is 9.37 Å². The zero-order valence-corrected chi connectivity index (χ0v) is 12.9. The summed E-state index contributed by atoms with van der Waals surface area (Å²) < 4.78 is 54.3. The maximum absolute atomic E-state index is 13.3. The molecule has 136 valence electrons. The van der Waals surface area contributed by atoms with Gasteiger partial charge in [-0.1, -0.05) is 0 Å². The highest BCUT2D eigenvalue weighted by Gasteiger charge is 2.57. The SMILES string of the molecule is Cn1ccnc1C(O)(CCNc1cc(F)ccc1[N+](=O)[O-])C(F)(F)F. The van der Waals surface area contributed by atoms with E-state index < -0.39 is 47.0 Å². The lowest BCUT2D eigenvalue weighted by molar-refractivity contribution is -0.384. The van der Waals surface area contributed by atoms with Gasteiger partial charge in [-0.05, 0) is 6.07 Å². The number of benzene rings is 1. The lowest BCUT2D eigenvalue weighted by atomic mass is 9.97. The third-order valence-electron chi connectivity index (χ3n) is 3.62. The number of halogens is 4. The van der Waals surface area contributed by atoms with Gasteiger partial charge in [0.15, 0.2) is 0 Å². The Kier molecular flexibility index (Phi) is 4.97. The van der Waals surface area contributed by atoms with Crippen molar-refractivity contribution < 1.29 is 27.6 Å². The van der Waals surface area contributed by atoms with Crippen molar-refractivity contribution in [2.24, 2.45) is 7.05 Å². The van der Waals surface area contributed by atoms with E-state index in [1.165, 1.54) is 13.2 Å². The molecular formula is C14H14F4N4O3. The van der Waals surface area contributed by atoms with Gasteiger partial charge in [0.05, 0.1) is 4.92 Å². The summed E-state index contributed by atoms with van der Waals surface area (Å²) in [5.74, 6) is -1.40. The molecule has 0 aliphatic heterocycles. The van der Waals surface area contributed by atoms with Crippen LogP contribution < -0.4 is 5.32 Å². The summed E-state index contributed by atoms with van der Waals surface area (Å²) in [5, 5.41) is 23.4. The normalized spacial score (nSPS) is 14.2. The third-order valence-corrected chi connectivity index (χ3v) is 3.62. The van der Waals surface area contributed by atoms with E-state index in [0.717, 1.165) is 29.0 Å². The zero-order valence-electron chi connectivity index (χ0n) is 12.9. The van der Waals surface area contributed by atoms with Gasteiger partial charge in [-0.15, -0.1) is 0 Å². The van der Waals surface area contributed by atoms with Crippen LogP contribution in [0.3, 0.4) is 0 Å². The summed E-state index contributed by atoms with van der Waals surface area (Å²) in [6.45, 7) is -0.507. The highest BCUT2D eigenvalue weighted by atomic mass is 19.4. The number of hydrogen-bond donors (Lipinski definition) is 2. The third kappa shape index (κ3) is 3.71. The molecule has 1 heterocycles. The second kappa shape index (κ2) is 6.67. The van der Waals surface area contributed by atoms with Gasteiger partial charge in [0.2, 0.25) is 5.60 Å². The number of aliphatic hydroxyl groups is 1. The van der Waals surface area contributed by atoms with Crippen LogP contribution in [0.15, 0.2) is 30.6 Å². The standard InChI is InChI=1S/C14H14F4N4O3/c1-21-7-6-20-12(21)13(23,14(16,17)18)4-5-19-10-8-9(15)2-3-11(10)22(24)25/h2-3,6-8,19,23H,4-5H2,1H3. The van der Waals surface area contributed by atoms with Gasteiger partial charge in [0, 0.05) is 44.5 Å².